The SMILES string of the molecule is CN1CCN(c2ccc3c(N)n[nH]c3c2)CC1. The van der Waals surface area contributed by atoms with Crippen molar-refractivity contribution in [2.45, 2.75) is 0 Å². The summed E-state index contributed by atoms with van der Waals surface area (Å²) in [5, 5.41) is 7.99. The van der Waals surface area contributed by atoms with Crippen LogP contribution in [0.15, 0.2) is 18.2 Å². The highest BCUT2D eigenvalue weighted by Crippen LogP contribution is 2.24. The summed E-state index contributed by atoms with van der Waals surface area (Å²) in [5.41, 5.74) is 8.02. The van der Waals surface area contributed by atoms with Crippen molar-refractivity contribution >= 4 is 22.4 Å². The molecule has 0 saturated carbocycles. The summed E-state index contributed by atoms with van der Waals surface area (Å²) in [7, 11) is 2.16. The number of benzene rings is 1. The summed E-state index contributed by atoms with van der Waals surface area (Å²) in [4.78, 5) is 4.75. The second-order valence-electron chi connectivity index (χ2n) is 4.63. The lowest BCUT2D eigenvalue weighted by Crippen LogP contribution is -2.44. The van der Waals surface area contributed by atoms with Gasteiger partial charge in [0.05, 0.1) is 5.52 Å². The molecule has 0 unspecified atom stereocenters. The minimum absolute atomic E-state index is 0.574. The summed E-state index contributed by atoms with van der Waals surface area (Å²) in [6, 6.07) is 6.30. The minimum Gasteiger partial charge on any atom is -0.382 e. The number of hydrogen-bond donors (Lipinski definition) is 2. The van der Waals surface area contributed by atoms with E-state index in [1.54, 1.807) is 0 Å². The lowest BCUT2D eigenvalue weighted by atomic mass is 10.2. The Morgan fingerprint density at radius 1 is 1.24 bits per heavy atom. The average molecular weight is 231 g/mol. The number of rotatable bonds is 1. The molecule has 90 valence electrons. The number of nitrogens with one attached hydrogen (secondary N) is 1. The Morgan fingerprint density at radius 3 is 2.76 bits per heavy atom. The summed E-state index contributed by atoms with van der Waals surface area (Å²) in [5.74, 6) is 0.574. The van der Waals surface area contributed by atoms with Gasteiger partial charge in [-0.05, 0) is 25.2 Å². The summed E-state index contributed by atoms with van der Waals surface area (Å²) < 4.78 is 0. The van der Waals surface area contributed by atoms with Crippen molar-refractivity contribution in [3.63, 3.8) is 0 Å². The van der Waals surface area contributed by atoms with Gasteiger partial charge in [-0.3, -0.25) is 5.10 Å². The van der Waals surface area contributed by atoms with Gasteiger partial charge in [-0.1, -0.05) is 0 Å². The van der Waals surface area contributed by atoms with Crippen molar-refractivity contribution in [3.8, 4) is 0 Å². The van der Waals surface area contributed by atoms with E-state index in [0.717, 1.165) is 37.1 Å². The van der Waals surface area contributed by atoms with E-state index in [2.05, 4.69) is 39.2 Å². The third kappa shape index (κ3) is 1.82. The summed E-state index contributed by atoms with van der Waals surface area (Å²) in [6.07, 6.45) is 0. The number of aromatic nitrogens is 2. The molecule has 5 heteroatoms. The predicted molar refractivity (Wildman–Crippen MR) is 70.2 cm³/mol. The number of anilines is 2. The van der Waals surface area contributed by atoms with Gasteiger partial charge in [-0.15, -0.1) is 0 Å². The summed E-state index contributed by atoms with van der Waals surface area (Å²) >= 11 is 0. The Bertz CT molecular complexity index is 525. The number of hydrogen-bond acceptors (Lipinski definition) is 4. The van der Waals surface area contributed by atoms with Crippen molar-refractivity contribution in [3.05, 3.63) is 18.2 Å². The van der Waals surface area contributed by atoms with Gasteiger partial charge in [0.2, 0.25) is 0 Å². The first-order valence-corrected chi connectivity index (χ1v) is 5.91. The van der Waals surface area contributed by atoms with E-state index >= 15 is 0 Å². The first kappa shape index (κ1) is 10.4. The van der Waals surface area contributed by atoms with E-state index in [-0.39, 0.29) is 0 Å². The largest absolute Gasteiger partial charge is 0.382 e. The van der Waals surface area contributed by atoms with Gasteiger partial charge in [0.1, 0.15) is 0 Å². The monoisotopic (exact) mass is 231 g/mol. The average Bonchev–Trinajstić information content (AvgIpc) is 2.72. The molecule has 1 saturated heterocycles. The Balaban J connectivity index is 1.90. The zero-order chi connectivity index (χ0) is 11.8. The molecule has 0 radical (unpaired) electrons. The molecule has 17 heavy (non-hydrogen) atoms. The van der Waals surface area contributed by atoms with Gasteiger partial charge in [-0.25, -0.2) is 0 Å². The number of aromatic amines is 1. The van der Waals surface area contributed by atoms with E-state index in [9.17, 15) is 0 Å². The van der Waals surface area contributed by atoms with Crippen LogP contribution in [0.5, 0.6) is 0 Å². The van der Waals surface area contributed by atoms with Crippen LogP contribution in [0.25, 0.3) is 10.9 Å². The van der Waals surface area contributed by atoms with Gasteiger partial charge in [0.25, 0.3) is 0 Å². The van der Waals surface area contributed by atoms with E-state index in [1.807, 2.05) is 6.07 Å². The zero-order valence-corrected chi connectivity index (χ0v) is 9.98. The van der Waals surface area contributed by atoms with Crippen LogP contribution in [0.3, 0.4) is 0 Å². The molecule has 1 aliphatic rings. The molecule has 0 bridgehead atoms. The lowest BCUT2D eigenvalue weighted by molar-refractivity contribution is 0.313. The van der Waals surface area contributed by atoms with Crippen molar-refractivity contribution in [2.75, 3.05) is 43.9 Å². The highest BCUT2D eigenvalue weighted by Gasteiger charge is 2.15. The second-order valence-corrected chi connectivity index (χ2v) is 4.63. The third-order valence-electron chi connectivity index (χ3n) is 3.44. The van der Waals surface area contributed by atoms with Crippen LogP contribution >= 0.6 is 0 Å². The molecule has 1 aromatic heterocycles. The fourth-order valence-corrected chi connectivity index (χ4v) is 2.29. The Labute approximate surface area is 100 Å². The molecule has 0 aliphatic carbocycles. The third-order valence-corrected chi connectivity index (χ3v) is 3.44. The zero-order valence-electron chi connectivity index (χ0n) is 9.98. The molecule has 2 heterocycles. The molecule has 0 amide bonds. The molecule has 3 rings (SSSR count). The molecule has 3 N–H and O–H groups in total. The smallest absolute Gasteiger partial charge is 0.153 e. The van der Waals surface area contributed by atoms with Gasteiger partial charge in [0, 0.05) is 37.3 Å². The van der Waals surface area contributed by atoms with E-state index in [4.69, 9.17) is 5.73 Å². The molecule has 1 aromatic carbocycles. The van der Waals surface area contributed by atoms with Crippen molar-refractivity contribution < 1.29 is 0 Å². The van der Waals surface area contributed by atoms with Gasteiger partial charge in [0.15, 0.2) is 5.82 Å². The van der Waals surface area contributed by atoms with Crippen molar-refractivity contribution in [1.82, 2.24) is 15.1 Å². The van der Waals surface area contributed by atoms with E-state index in [0.29, 0.717) is 5.82 Å². The molecule has 0 atom stereocenters. The number of piperazine rings is 1. The summed E-state index contributed by atoms with van der Waals surface area (Å²) in [6.45, 7) is 4.38. The van der Waals surface area contributed by atoms with E-state index < -0.39 is 0 Å². The molecule has 1 fully saturated rings. The highest BCUT2D eigenvalue weighted by atomic mass is 15.2. The van der Waals surface area contributed by atoms with Crippen LogP contribution in [0.1, 0.15) is 0 Å². The van der Waals surface area contributed by atoms with Crippen LogP contribution in [0, 0.1) is 0 Å². The second kappa shape index (κ2) is 3.92. The number of likely N-dealkylation sites (N-methyl/N-ethyl adjacent to an activating group) is 1. The van der Waals surface area contributed by atoms with Crippen LogP contribution in [0.4, 0.5) is 11.5 Å². The molecular formula is C12H17N5. The number of nitrogen functional groups attached to an aromatic ring is 1. The van der Waals surface area contributed by atoms with Crippen LogP contribution < -0.4 is 10.6 Å². The van der Waals surface area contributed by atoms with Crippen molar-refractivity contribution in [2.24, 2.45) is 0 Å². The van der Waals surface area contributed by atoms with Crippen LogP contribution in [-0.2, 0) is 0 Å². The molecular weight excluding hydrogens is 214 g/mol. The topological polar surface area (TPSA) is 61.2 Å². The predicted octanol–water partition coefficient (Wildman–Crippen LogP) is 0.897. The first-order valence-electron chi connectivity index (χ1n) is 5.91. The number of nitrogens with zero attached hydrogens (tertiary/aromatic N) is 3. The normalized spacial score (nSPS) is 17.8. The fraction of sp³-hybridized carbons (Fsp3) is 0.417. The van der Waals surface area contributed by atoms with Crippen molar-refractivity contribution in [1.29, 1.82) is 0 Å². The maximum atomic E-state index is 5.76. The fourth-order valence-electron chi connectivity index (χ4n) is 2.29. The molecule has 5 nitrogen and oxygen atoms in total. The first-order chi connectivity index (χ1) is 8.24. The highest BCUT2D eigenvalue weighted by molar-refractivity contribution is 5.90. The molecule has 1 aliphatic heterocycles. The number of fused-ring (bicyclic) bond motifs is 1. The van der Waals surface area contributed by atoms with Gasteiger partial charge in [-0.2, -0.15) is 5.10 Å². The maximum absolute atomic E-state index is 5.76. The number of nitrogens with two attached hydrogens (primary N) is 1. The van der Waals surface area contributed by atoms with Crippen LogP contribution in [-0.4, -0.2) is 48.3 Å². The molecule has 2 aromatic rings. The Kier molecular flexibility index (Phi) is 2.40. The quantitative estimate of drug-likeness (QED) is 0.765. The Hall–Kier alpha value is -1.75. The minimum atomic E-state index is 0.574. The van der Waals surface area contributed by atoms with Crippen LogP contribution in [0.2, 0.25) is 0 Å². The van der Waals surface area contributed by atoms with E-state index in [1.165, 1.54) is 5.69 Å². The lowest BCUT2D eigenvalue weighted by Gasteiger charge is -2.34. The van der Waals surface area contributed by atoms with Gasteiger partial charge >= 0.3 is 0 Å². The molecule has 0 spiro atoms. The number of H-pyrrole nitrogens is 1. The Morgan fingerprint density at radius 2 is 2.00 bits per heavy atom. The standard InChI is InChI=1S/C12H17N5/c1-16-4-6-17(7-5-16)9-2-3-10-11(8-9)14-15-12(10)13/h2-3,8H,4-7H2,1H3,(H3,13,14,15). The maximum Gasteiger partial charge on any atom is 0.153 e. The van der Waals surface area contributed by atoms with Gasteiger partial charge < -0.3 is 15.5 Å².